The van der Waals surface area contributed by atoms with Gasteiger partial charge in [-0.2, -0.15) is 0 Å². The quantitative estimate of drug-likeness (QED) is 0.697. The van der Waals surface area contributed by atoms with Gasteiger partial charge in [0.05, 0.1) is 13.2 Å². The number of nitrogens with one attached hydrogen (secondary N) is 1. The number of aliphatic carboxylic acids is 1. The largest absolute Gasteiger partial charge is 0.480 e. The van der Waals surface area contributed by atoms with Crippen molar-refractivity contribution < 1.29 is 29.0 Å². The first-order valence-corrected chi connectivity index (χ1v) is 9.47. The van der Waals surface area contributed by atoms with E-state index in [1.54, 1.807) is 0 Å². The van der Waals surface area contributed by atoms with Crippen LogP contribution in [0.1, 0.15) is 25.8 Å². The molecule has 1 aromatic carbocycles. The molecule has 1 aliphatic rings. The van der Waals surface area contributed by atoms with Gasteiger partial charge in [0.2, 0.25) is 0 Å². The summed E-state index contributed by atoms with van der Waals surface area (Å²) in [5, 5.41) is 11.9. The number of hydrogen-bond donors (Lipinski definition) is 2. The Labute approximate surface area is 164 Å². The van der Waals surface area contributed by atoms with E-state index < -0.39 is 30.1 Å². The highest BCUT2D eigenvalue weighted by Gasteiger charge is 2.30. The van der Waals surface area contributed by atoms with Crippen molar-refractivity contribution in [2.75, 3.05) is 26.3 Å². The molecule has 8 nitrogen and oxygen atoms in total. The highest BCUT2D eigenvalue weighted by Crippen LogP contribution is 2.12. The first-order chi connectivity index (χ1) is 13.4. The summed E-state index contributed by atoms with van der Waals surface area (Å²) in [6.07, 6.45) is -1.27. The molecule has 2 rings (SSSR count). The second kappa shape index (κ2) is 10.7. The number of hydrogen-bond acceptors (Lipinski definition) is 5. The fraction of sp³-hybridized carbons (Fsp3) is 0.550. The average Bonchev–Trinajstić information content (AvgIpc) is 2.68. The fourth-order valence-electron chi connectivity index (χ4n) is 2.92. The third-order valence-corrected chi connectivity index (χ3v) is 4.39. The second-order valence-electron chi connectivity index (χ2n) is 7.19. The summed E-state index contributed by atoms with van der Waals surface area (Å²) in [6, 6.07) is 8.12. The van der Waals surface area contributed by atoms with E-state index >= 15 is 0 Å². The Morgan fingerprint density at radius 3 is 2.39 bits per heavy atom. The number of benzene rings is 1. The molecule has 1 fully saturated rings. The molecule has 28 heavy (non-hydrogen) atoms. The molecule has 1 aliphatic heterocycles. The molecular formula is C20H28N2O6. The summed E-state index contributed by atoms with van der Waals surface area (Å²) in [5.74, 6) is -1.64. The van der Waals surface area contributed by atoms with Crippen molar-refractivity contribution in [3.63, 3.8) is 0 Å². The summed E-state index contributed by atoms with van der Waals surface area (Å²) in [5.41, 5.74) is 0.813. The van der Waals surface area contributed by atoms with Crippen molar-refractivity contribution >= 4 is 18.0 Å². The molecule has 0 aliphatic carbocycles. The highest BCUT2D eigenvalue weighted by atomic mass is 16.6. The van der Waals surface area contributed by atoms with Crippen molar-refractivity contribution in [1.29, 1.82) is 0 Å². The summed E-state index contributed by atoms with van der Waals surface area (Å²) in [4.78, 5) is 38.2. The lowest BCUT2D eigenvalue weighted by molar-refractivity contribution is -0.144. The van der Waals surface area contributed by atoms with E-state index in [4.69, 9.17) is 9.47 Å². The van der Waals surface area contributed by atoms with Gasteiger partial charge in [-0.15, -0.1) is 0 Å². The third-order valence-electron chi connectivity index (χ3n) is 4.39. The number of carbonyl (C=O) groups excluding carboxylic acids is 2. The van der Waals surface area contributed by atoms with E-state index in [9.17, 15) is 19.5 Å². The van der Waals surface area contributed by atoms with Crippen LogP contribution >= 0.6 is 0 Å². The molecule has 0 radical (unpaired) electrons. The molecule has 2 atom stereocenters. The molecule has 1 unspecified atom stereocenters. The van der Waals surface area contributed by atoms with Gasteiger partial charge in [-0.25, -0.2) is 9.59 Å². The molecule has 0 saturated carbocycles. The van der Waals surface area contributed by atoms with E-state index in [0.717, 1.165) is 5.56 Å². The van der Waals surface area contributed by atoms with Crippen molar-refractivity contribution in [1.82, 2.24) is 10.2 Å². The maximum Gasteiger partial charge on any atom is 0.410 e. The zero-order chi connectivity index (χ0) is 20.5. The summed E-state index contributed by atoms with van der Waals surface area (Å²) in [7, 11) is 0. The van der Waals surface area contributed by atoms with Gasteiger partial charge in [-0.1, -0.05) is 44.2 Å². The zero-order valence-electron chi connectivity index (χ0n) is 16.3. The van der Waals surface area contributed by atoms with Crippen LogP contribution in [-0.2, 0) is 25.5 Å². The number of carboxylic acids is 1. The van der Waals surface area contributed by atoms with Gasteiger partial charge < -0.3 is 24.8 Å². The number of carboxylic acid groups (broad SMARTS) is 1. The lowest BCUT2D eigenvalue weighted by Gasteiger charge is -2.28. The Morgan fingerprint density at radius 1 is 1.18 bits per heavy atom. The van der Waals surface area contributed by atoms with Gasteiger partial charge in [0, 0.05) is 19.5 Å². The number of morpholine rings is 1. The minimum Gasteiger partial charge on any atom is -0.480 e. The molecule has 154 valence electrons. The summed E-state index contributed by atoms with van der Waals surface area (Å²) in [6.45, 7) is 5.37. The first kappa shape index (κ1) is 21.7. The van der Waals surface area contributed by atoms with Gasteiger partial charge in [0.25, 0.3) is 5.91 Å². The minimum absolute atomic E-state index is 0.0878. The normalized spacial score (nSPS) is 16.3. The number of rotatable bonds is 8. The number of carbonyl (C=O) groups is 3. The molecule has 8 heteroatoms. The Balaban J connectivity index is 2.10. The minimum atomic E-state index is -1.12. The summed E-state index contributed by atoms with van der Waals surface area (Å²) >= 11 is 0. The van der Waals surface area contributed by atoms with E-state index in [1.807, 2.05) is 44.2 Å². The predicted octanol–water partition coefficient (Wildman–Crippen LogP) is 1.68. The molecule has 1 saturated heterocycles. The molecule has 0 bridgehead atoms. The monoisotopic (exact) mass is 392 g/mol. The van der Waals surface area contributed by atoms with Gasteiger partial charge in [-0.3, -0.25) is 4.79 Å². The molecule has 1 aromatic rings. The van der Waals surface area contributed by atoms with Crippen molar-refractivity contribution in [2.24, 2.45) is 5.92 Å². The molecule has 0 spiro atoms. The number of amides is 2. The first-order valence-electron chi connectivity index (χ1n) is 9.47. The SMILES string of the molecule is CC(C)CC(NC(=O)[C@H](Cc1ccccc1)OC(=O)N1CCOCC1)C(=O)O. The molecule has 2 amide bonds. The van der Waals surface area contributed by atoms with E-state index in [-0.39, 0.29) is 18.8 Å². The Kier molecular flexibility index (Phi) is 8.25. The van der Waals surface area contributed by atoms with Crippen molar-refractivity contribution in [2.45, 2.75) is 38.8 Å². The van der Waals surface area contributed by atoms with Gasteiger partial charge in [0.15, 0.2) is 6.10 Å². The van der Waals surface area contributed by atoms with Crippen molar-refractivity contribution in [3.8, 4) is 0 Å². The van der Waals surface area contributed by atoms with Crippen LogP contribution < -0.4 is 5.32 Å². The van der Waals surface area contributed by atoms with E-state index in [0.29, 0.717) is 26.3 Å². The smallest absolute Gasteiger partial charge is 0.410 e. The van der Waals surface area contributed by atoms with Crippen LogP contribution in [-0.4, -0.2) is 66.4 Å². The maximum absolute atomic E-state index is 12.8. The van der Waals surface area contributed by atoms with Crippen LogP contribution in [0.5, 0.6) is 0 Å². The van der Waals surface area contributed by atoms with Crippen LogP contribution in [0.3, 0.4) is 0 Å². The molecule has 0 aromatic heterocycles. The predicted molar refractivity (Wildman–Crippen MR) is 102 cm³/mol. The van der Waals surface area contributed by atoms with Crippen LogP contribution in [0.25, 0.3) is 0 Å². The lowest BCUT2D eigenvalue weighted by atomic mass is 10.0. The van der Waals surface area contributed by atoms with Crippen LogP contribution in [0, 0.1) is 5.92 Å². The molecular weight excluding hydrogens is 364 g/mol. The van der Waals surface area contributed by atoms with E-state index in [2.05, 4.69) is 5.32 Å². The fourth-order valence-corrected chi connectivity index (χ4v) is 2.92. The zero-order valence-corrected chi connectivity index (χ0v) is 16.3. The molecule has 2 N–H and O–H groups in total. The second-order valence-corrected chi connectivity index (χ2v) is 7.19. The standard InChI is InChI=1S/C20H28N2O6/c1-14(2)12-16(19(24)25)21-18(23)17(13-15-6-4-3-5-7-15)28-20(26)22-8-10-27-11-9-22/h3-7,14,16-17H,8-13H2,1-2H3,(H,21,23)(H,24,25)/t16?,17-/m0/s1. The maximum atomic E-state index is 12.8. The lowest BCUT2D eigenvalue weighted by Crippen LogP contribution is -2.50. The van der Waals surface area contributed by atoms with Crippen molar-refractivity contribution in [3.05, 3.63) is 35.9 Å². The Hall–Kier alpha value is -2.61. The van der Waals surface area contributed by atoms with Gasteiger partial charge in [-0.05, 0) is 17.9 Å². The Bertz CT molecular complexity index is 658. The third kappa shape index (κ3) is 6.84. The average molecular weight is 392 g/mol. The number of nitrogens with zero attached hydrogens (tertiary/aromatic N) is 1. The van der Waals surface area contributed by atoms with Crippen LogP contribution in [0.4, 0.5) is 4.79 Å². The topological polar surface area (TPSA) is 105 Å². The highest BCUT2D eigenvalue weighted by molar-refractivity contribution is 5.88. The Morgan fingerprint density at radius 2 is 1.82 bits per heavy atom. The summed E-state index contributed by atoms with van der Waals surface area (Å²) < 4.78 is 10.7. The van der Waals surface area contributed by atoms with E-state index in [1.165, 1.54) is 4.90 Å². The number of ether oxygens (including phenoxy) is 2. The van der Waals surface area contributed by atoms with Crippen LogP contribution in [0.15, 0.2) is 30.3 Å². The van der Waals surface area contributed by atoms with Gasteiger partial charge >= 0.3 is 12.1 Å². The van der Waals surface area contributed by atoms with Crippen LogP contribution in [0.2, 0.25) is 0 Å². The van der Waals surface area contributed by atoms with Gasteiger partial charge in [0.1, 0.15) is 6.04 Å². The molecule has 1 heterocycles.